The Morgan fingerprint density at radius 3 is 2.33 bits per heavy atom. The van der Waals surface area contributed by atoms with Gasteiger partial charge in [-0.2, -0.15) is 0 Å². The predicted molar refractivity (Wildman–Crippen MR) is 124 cm³/mol. The molecule has 1 fully saturated rings. The van der Waals surface area contributed by atoms with Crippen molar-refractivity contribution in [2.24, 2.45) is 17.6 Å². The lowest BCUT2D eigenvalue weighted by atomic mass is 9.94. The molecule has 162 valence electrons. The highest BCUT2D eigenvalue weighted by Crippen LogP contribution is 2.24. The number of carbonyl (C=O) groups is 2. The van der Waals surface area contributed by atoms with Crippen molar-refractivity contribution in [1.29, 1.82) is 0 Å². The third kappa shape index (κ3) is 5.61. The summed E-state index contributed by atoms with van der Waals surface area (Å²) in [4.78, 5) is 27.4. The second-order valence-corrected chi connectivity index (χ2v) is 8.22. The van der Waals surface area contributed by atoms with Crippen LogP contribution in [-0.4, -0.2) is 29.8 Å². The van der Waals surface area contributed by atoms with Gasteiger partial charge in [-0.15, -0.1) is 12.4 Å². The summed E-state index contributed by atoms with van der Waals surface area (Å²) < 4.78 is 0. The van der Waals surface area contributed by atoms with Crippen LogP contribution in [0.2, 0.25) is 0 Å². The smallest absolute Gasteiger partial charge is 0.253 e. The van der Waals surface area contributed by atoms with Gasteiger partial charge in [-0.05, 0) is 55.0 Å². The average molecular weight is 430 g/mol. The lowest BCUT2D eigenvalue weighted by molar-refractivity contribution is -0.120. The van der Waals surface area contributed by atoms with Crippen LogP contribution >= 0.6 is 12.4 Å². The second-order valence-electron chi connectivity index (χ2n) is 8.22. The van der Waals surface area contributed by atoms with Crippen LogP contribution in [-0.2, 0) is 4.79 Å². The lowest BCUT2D eigenvalue weighted by Gasteiger charge is -2.30. The maximum atomic E-state index is 12.8. The van der Waals surface area contributed by atoms with Crippen LogP contribution in [0.15, 0.2) is 48.5 Å². The molecule has 2 aromatic carbocycles. The Bertz CT molecular complexity index is 864. The standard InChI is InChI=1S/C24H31N3O2.ClH/c1-16-11-13-27(14-12-16)24(29)20-9-10-21(17(2)15-20)26-23(28)18(3)22(25)19-7-5-4-6-8-19;/h4-10,15-16,18,22H,11-14,25H2,1-3H3,(H,26,28);1H. The van der Waals surface area contributed by atoms with E-state index in [1.165, 1.54) is 0 Å². The molecule has 0 bridgehead atoms. The van der Waals surface area contributed by atoms with Crippen molar-refractivity contribution in [2.45, 2.75) is 39.7 Å². The molecule has 0 radical (unpaired) electrons. The first-order chi connectivity index (χ1) is 13.9. The highest BCUT2D eigenvalue weighted by molar-refractivity contribution is 5.97. The van der Waals surface area contributed by atoms with E-state index in [1.807, 2.05) is 61.2 Å². The summed E-state index contributed by atoms with van der Waals surface area (Å²) in [6.07, 6.45) is 2.11. The predicted octanol–water partition coefficient (Wildman–Crippen LogP) is 4.56. The molecule has 2 unspecified atom stereocenters. The zero-order valence-corrected chi connectivity index (χ0v) is 18.7. The number of aryl methyl sites for hydroxylation is 1. The number of rotatable bonds is 5. The van der Waals surface area contributed by atoms with E-state index in [0.29, 0.717) is 17.2 Å². The molecule has 3 rings (SSSR count). The molecule has 2 amide bonds. The number of halogens is 1. The first-order valence-electron chi connectivity index (χ1n) is 10.4. The summed E-state index contributed by atoms with van der Waals surface area (Å²) in [5.74, 6) is 0.238. The third-order valence-corrected chi connectivity index (χ3v) is 5.94. The Morgan fingerprint density at radius 2 is 1.73 bits per heavy atom. The number of piperidine rings is 1. The van der Waals surface area contributed by atoms with Gasteiger partial charge in [-0.1, -0.05) is 44.2 Å². The molecule has 0 saturated carbocycles. The Hall–Kier alpha value is -2.37. The topological polar surface area (TPSA) is 75.4 Å². The van der Waals surface area contributed by atoms with Crippen molar-refractivity contribution >= 4 is 29.9 Å². The van der Waals surface area contributed by atoms with Gasteiger partial charge in [0.05, 0.1) is 5.92 Å². The molecule has 30 heavy (non-hydrogen) atoms. The Labute approximate surface area is 185 Å². The van der Waals surface area contributed by atoms with Crippen LogP contribution in [0.5, 0.6) is 0 Å². The monoisotopic (exact) mass is 429 g/mol. The van der Waals surface area contributed by atoms with Gasteiger partial charge >= 0.3 is 0 Å². The van der Waals surface area contributed by atoms with Crippen molar-refractivity contribution < 1.29 is 9.59 Å². The van der Waals surface area contributed by atoms with Crippen molar-refractivity contribution in [3.8, 4) is 0 Å². The molecule has 2 aromatic rings. The zero-order chi connectivity index (χ0) is 21.0. The molecule has 3 N–H and O–H groups in total. The van der Waals surface area contributed by atoms with Gasteiger partial charge in [0.15, 0.2) is 0 Å². The van der Waals surface area contributed by atoms with Crippen molar-refractivity contribution in [1.82, 2.24) is 4.90 Å². The fourth-order valence-corrected chi connectivity index (χ4v) is 3.70. The van der Waals surface area contributed by atoms with Crippen molar-refractivity contribution in [2.75, 3.05) is 18.4 Å². The number of likely N-dealkylation sites (tertiary alicyclic amines) is 1. The molecule has 0 spiro atoms. The first-order valence-corrected chi connectivity index (χ1v) is 10.4. The number of nitrogens with one attached hydrogen (secondary N) is 1. The number of nitrogens with zero attached hydrogens (tertiary/aromatic N) is 1. The summed E-state index contributed by atoms with van der Waals surface area (Å²) in [5, 5.41) is 2.97. The number of anilines is 1. The molecule has 6 heteroatoms. The number of hydrogen-bond donors (Lipinski definition) is 2. The van der Waals surface area contributed by atoms with Gasteiger partial charge in [0, 0.05) is 30.4 Å². The number of amides is 2. The quantitative estimate of drug-likeness (QED) is 0.731. The number of hydrogen-bond acceptors (Lipinski definition) is 3. The number of nitrogens with two attached hydrogens (primary N) is 1. The van der Waals surface area contributed by atoms with Crippen LogP contribution in [0, 0.1) is 18.8 Å². The Morgan fingerprint density at radius 1 is 1.10 bits per heavy atom. The average Bonchev–Trinajstić information content (AvgIpc) is 2.74. The normalized spacial score (nSPS) is 16.3. The lowest BCUT2D eigenvalue weighted by Crippen LogP contribution is -2.37. The Kier molecular flexibility index (Phi) is 8.44. The van der Waals surface area contributed by atoms with E-state index in [9.17, 15) is 9.59 Å². The SMILES string of the molecule is Cc1cc(C(=O)N2CCC(C)CC2)ccc1NC(=O)C(C)C(N)c1ccccc1.Cl. The van der Waals surface area contributed by atoms with Gasteiger partial charge in [-0.25, -0.2) is 0 Å². The van der Waals surface area contributed by atoms with Crippen LogP contribution in [0.25, 0.3) is 0 Å². The van der Waals surface area contributed by atoms with Gasteiger partial charge in [-0.3, -0.25) is 9.59 Å². The van der Waals surface area contributed by atoms with E-state index >= 15 is 0 Å². The Balaban J connectivity index is 0.00000320. The summed E-state index contributed by atoms with van der Waals surface area (Å²) in [7, 11) is 0. The number of carbonyl (C=O) groups excluding carboxylic acids is 2. The second kappa shape index (κ2) is 10.6. The van der Waals surface area contributed by atoms with E-state index in [-0.39, 0.29) is 36.2 Å². The van der Waals surface area contributed by atoms with Crippen molar-refractivity contribution in [3.63, 3.8) is 0 Å². The van der Waals surface area contributed by atoms with E-state index in [1.54, 1.807) is 6.07 Å². The molecule has 0 aromatic heterocycles. The fourth-order valence-electron chi connectivity index (χ4n) is 3.70. The molecule has 2 atom stereocenters. The largest absolute Gasteiger partial charge is 0.339 e. The number of benzene rings is 2. The van der Waals surface area contributed by atoms with Gasteiger partial charge in [0.1, 0.15) is 0 Å². The maximum absolute atomic E-state index is 12.8. The molecule has 1 saturated heterocycles. The molecule has 1 aliphatic rings. The van der Waals surface area contributed by atoms with Crippen LogP contribution < -0.4 is 11.1 Å². The van der Waals surface area contributed by atoms with Crippen LogP contribution in [0.3, 0.4) is 0 Å². The highest BCUT2D eigenvalue weighted by atomic mass is 35.5. The first kappa shape index (κ1) is 23.9. The zero-order valence-electron chi connectivity index (χ0n) is 17.9. The van der Waals surface area contributed by atoms with Gasteiger partial charge < -0.3 is 16.0 Å². The molecule has 1 heterocycles. The third-order valence-electron chi connectivity index (χ3n) is 5.94. The summed E-state index contributed by atoms with van der Waals surface area (Å²) in [5.41, 5.74) is 9.46. The molecule has 0 aliphatic carbocycles. The molecule has 5 nitrogen and oxygen atoms in total. The fraction of sp³-hybridized carbons (Fsp3) is 0.417. The van der Waals surface area contributed by atoms with Gasteiger partial charge in [0.2, 0.25) is 5.91 Å². The van der Waals surface area contributed by atoms with Crippen LogP contribution in [0.4, 0.5) is 5.69 Å². The minimum absolute atomic E-state index is 0. The van der Waals surface area contributed by atoms with E-state index in [2.05, 4.69) is 12.2 Å². The van der Waals surface area contributed by atoms with Crippen LogP contribution in [0.1, 0.15) is 54.2 Å². The van der Waals surface area contributed by atoms with Gasteiger partial charge in [0.25, 0.3) is 5.91 Å². The van der Waals surface area contributed by atoms with Crippen molar-refractivity contribution in [3.05, 3.63) is 65.2 Å². The minimum atomic E-state index is -0.381. The summed E-state index contributed by atoms with van der Waals surface area (Å²) in [6, 6.07) is 14.7. The highest BCUT2D eigenvalue weighted by Gasteiger charge is 2.24. The van der Waals surface area contributed by atoms with E-state index < -0.39 is 0 Å². The molecular weight excluding hydrogens is 398 g/mol. The van der Waals surface area contributed by atoms with E-state index in [4.69, 9.17) is 5.73 Å². The molecule has 1 aliphatic heterocycles. The summed E-state index contributed by atoms with van der Waals surface area (Å²) in [6.45, 7) is 7.59. The maximum Gasteiger partial charge on any atom is 0.253 e. The van der Waals surface area contributed by atoms with E-state index in [0.717, 1.165) is 37.1 Å². The molecular formula is C24H32ClN3O2. The minimum Gasteiger partial charge on any atom is -0.339 e. The summed E-state index contributed by atoms with van der Waals surface area (Å²) >= 11 is 0.